The number of ether oxygens (including phenoxy) is 1. The SMILES string of the molecule is CNC(=O)COc1cc(C)ccc1C(C)N. The Morgan fingerprint density at radius 3 is 2.81 bits per heavy atom. The number of amides is 1. The highest BCUT2D eigenvalue weighted by Gasteiger charge is 2.09. The maximum absolute atomic E-state index is 11.1. The van der Waals surface area contributed by atoms with E-state index in [2.05, 4.69) is 5.32 Å². The molecule has 16 heavy (non-hydrogen) atoms. The third-order valence-corrected chi connectivity index (χ3v) is 2.30. The molecule has 0 aliphatic carbocycles. The van der Waals surface area contributed by atoms with E-state index in [-0.39, 0.29) is 18.6 Å². The van der Waals surface area contributed by atoms with Crippen LogP contribution >= 0.6 is 0 Å². The van der Waals surface area contributed by atoms with Gasteiger partial charge in [-0.15, -0.1) is 0 Å². The molecule has 1 amide bonds. The third-order valence-electron chi connectivity index (χ3n) is 2.30. The van der Waals surface area contributed by atoms with Crippen LogP contribution in [-0.2, 0) is 4.79 Å². The van der Waals surface area contributed by atoms with Gasteiger partial charge in [-0.2, -0.15) is 0 Å². The van der Waals surface area contributed by atoms with Crippen LogP contribution in [0.1, 0.15) is 24.1 Å². The fourth-order valence-corrected chi connectivity index (χ4v) is 1.36. The average molecular weight is 222 g/mol. The fraction of sp³-hybridized carbons (Fsp3) is 0.417. The minimum Gasteiger partial charge on any atom is -0.483 e. The van der Waals surface area contributed by atoms with E-state index in [0.717, 1.165) is 11.1 Å². The molecule has 4 heteroatoms. The third kappa shape index (κ3) is 3.24. The second-order valence-corrected chi connectivity index (χ2v) is 3.79. The smallest absolute Gasteiger partial charge is 0.257 e. The first-order valence-corrected chi connectivity index (χ1v) is 5.24. The molecule has 1 aromatic rings. The fourth-order valence-electron chi connectivity index (χ4n) is 1.36. The van der Waals surface area contributed by atoms with Gasteiger partial charge in [-0.05, 0) is 25.5 Å². The largest absolute Gasteiger partial charge is 0.483 e. The van der Waals surface area contributed by atoms with Crippen molar-refractivity contribution in [3.63, 3.8) is 0 Å². The van der Waals surface area contributed by atoms with Crippen LogP contribution in [0.5, 0.6) is 5.75 Å². The molecule has 1 atom stereocenters. The summed E-state index contributed by atoms with van der Waals surface area (Å²) in [6, 6.07) is 5.69. The zero-order chi connectivity index (χ0) is 12.1. The van der Waals surface area contributed by atoms with Gasteiger partial charge in [0.05, 0.1) is 0 Å². The molecule has 0 bridgehead atoms. The number of hydrogen-bond donors (Lipinski definition) is 2. The summed E-state index contributed by atoms with van der Waals surface area (Å²) in [5, 5.41) is 2.50. The lowest BCUT2D eigenvalue weighted by atomic mass is 10.1. The van der Waals surface area contributed by atoms with Gasteiger partial charge in [0.25, 0.3) is 5.91 Å². The Morgan fingerprint density at radius 2 is 2.25 bits per heavy atom. The predicted octanol–water partition coefficient (Wildman–Crippen LogP) is 1.14. The van der Waals surface area contributed by atoms with Gasteiger partial charge >= 0.3 is 0 Å². The monoisotopic (exact) mass is 222 g/mol. The molecule has 0 fully saturated rings. The predicted molar refractivity (Wildman–Crippen MR) is 63.3 cm³/mol. The number of aryl methyl sites for hydroxylation is 1. The number of carbonyl (C=O) groups excluding carboxylic acids is 1. The quantitative estimate of drug-likeness (QED) is 0.803. The van der Waals surface area contributed by atoms with E-state index in [0.29, 0.717) is 5.75 Å². The Labute approximate surface area is 95.8 Å². The summed E-state index contributed by atoms with van der Waals surface area (Å²) in [5.41, 5.74) is 7.81. The van der Waals surface area contributed by atoms with E-state index in [1.807, 2.05) is 32.0 Å². The summed E-state index contributed by atoms with van der Waals surface area (Å²) in [6.45, 7) is 3.87. The molecule has 0 saturated carbocycles. The van der Waals surface area contributed by atoms with E-state index < -0.39 is 0 Å². The Kier molecular flexibility index (Phi) is 4.31. The number of carbonyl (C=O) groups is 1. The number of benzene rings is 1. The van der Waals surface area contributed by atoms with Crippen LogP contribution in [-0.4, -0.2) is 19.6 Å². The Hall–Kier alpha value is -1.55. The van der Waals surface area contributed by atoms with Gasteiger partial charge in [-0.1, -0.05) is 12.1 Å². The van der Waals surface area contributed by atoms with Crippen molar-refractivity contribution in [2.75, 3.05) is 13.7 Å². The number of nitrogens with one attached hydrogen (secondary N) is 1. The summed E-state index contributed by atoms with van der Waals surface area (Å²) in [5.74, 6) is 0.524. The zero-order valence-corrected chi connectivity index (χ0v) is 9.91. The van der Waals surface area contributed by atoms with Gasteiger partial charge in [0, 0.05) is 18.7 Å². The summed E-state index contributed by atoms with van der Waals surface area (Å²) in [6.07, 6.45) is 0. The van der Waals surface area contributed by atoms with Gasteiger partial charge in [-0.25, -0.2) is 0 Å². The van der Waals surface area contributed by atoms with Crippen molar-refractivity contribution >= 4 is 5.91 Å². The van der Waals surface area contributed by atoms with Crippen LogP contribution < -0.4 is 15.8 Å². The summed E-state index contributed by atoms with van der Waals surface area (Å²) < 4.78 is 5.44. The van der Waals surface area contributed by atoms with Crippen molar-refractivity contribution in [2.24, 2.45) is 5.73 Å². The second kappa shape index (κ2) is 5.51. The van der Waals surface area contributed by atoms with E-state index in [4.69, 9.17) is 10.5 Å². The Balaban J connectivity index is 2.84. The Bertz CT molecular complexity index is 375. The van der Waals surface area contributed by atoms with E-state index in [1.165, 1.54) is 0 Å². The van der Waals surface area contributed by atoms with Crippen LogP contribution in [0.25, 0.3) is 0 Å². The zero-order valence-electron chi connectivity index (χ0n) is 9.91. The molecule has 4 nitrogen and oxygen atoms in total. The molecule has 0 aliphatic rings. The topological polar surface area (TPSA) is 64.3 Å². The number of rotatable bonds is 4. The maximum atomic E-state index is 11.1. The first kappa shape index (κ1) is 12.5. The lowest BCUT2D eigenvalue weighted by Gasteiger charge is -2.14. The van der Waals surface area contributed by atoms with Crippen molar-refractivity contribution in [2.45, 2.75) is 19.9 Å². The van der Waals surface area contributed by atoms with Gasteiger partial charge in [0.1, 0.15) is 5.75 Å². The molecule has 0 spiro atoms. The average Bonchev–Trinajstić information content (AvgIpc) is 2.25. The maximum Gasteiger partial charge on any atom is 0.257 e. The van der Waals surface area contributed by atoms with Crippen molar-refractivity contribution < 1.29 is 9.53 Å². The number of nitrogens with two attached hydrogens (primary N) is 1. The Morgan fingerprint density at radius 1 is 1.56 bits per heavy atom. The van der Waals surface area contributed by atoms with Crippen molar-refractivity contribution in [1.82, 2.24) is 5.32 Å². The van der Waals surface area contributed by atoms with Crippen molar-refractivity contribution in [1.29, 1.82) is 0 Å². The molecule has 0 saturated heterocycles. The normalized spacial score (nSPS) is 12.0. The minimum absolute atomic E-state index is 0.0136. The molecular weight excluding hydrogens is 204 g/mol. The van der Waals surface area contributed by atoms with Crippen LogP contribution in [0.15, 0.2) is 18.2 Å². The van der Waals surface area contributed by atoms with Gasteiger partial charge in [-0.3, -0.25) is 4.79 Å². The van der Waals surface area contributed by atoms with E-state index >= 15 is 0 Å². The second-order valence-electron chi connectivity index (χ2n) is 3.79. The van der Waals surface area contributed by atoms with Crippen molar-refractivity contribution in [3.8, 4) is 5.75 Å². The highest BCUT2D eigenvalue weighted by molar-refractivity contribution is 5.77. The number of hydrogen-bond acceptors (Lipinski definition) is 3. The van der Waals surface area contributed by atoms with Crippen LogP contribution in [0.4, 0.5) is 0 Å². The minimum atomic E-state index is -0.155. The van der Waals surface area contributed by atoms with Crippen LogP contribution in [0.2, 0.25) is 0 Å². The molecule has 0 radical (unpaired) electrons. The molecule has 0 aliphatic heterocycles. The summed E-state index contributed by atoms with van der Waals surface area (Å²) >= 11 is 0. The molecule has 3 N–H and O–H groups in total. The van der Waals surface area contributed by atoms with Gasteiger partial charge in [0.15, 0.2) is 6.61 Å². The molecule has 1 aromatic carbocycles. The van der Waals surface area contributed by atoms with Crippen LogP contribution in [0, 0.1) is 6.92 Å². The van der Waals surface area contributed by atoms with Gasteiger partial charge < -0.3 is 15.8 Å². The van der Waals surface area contributed by atoms with Crippen molar-refractivity contribution in [3.05, 3.63) is 29.3 Å². The van der Waals surface area contributed by atoms with E-state index in [1.54, 1.807) is 7.05 Å². The van der Waals surface area contributed by atoms with Gasteiger partial charge in [0.2, 0.25) is 0 Å². The molecular formula is C12H18N2O2. The first-order valence-electron chi connectivity index (χ1n) is 5.24. The summed E-state index contributed by atoms with van der Waals surface area (Å²) in [4.78, 5) is 11.1. The van der Waals surface area contributed by atoms with E-state index in [9.17, 15) is 4.79 Å². The number of likely N-dealkylation sites (N-methyl/N-ethyl adjacent to an activating group) is 1. The molecule has 0 heterocycles. The lowest BCUT2D eigenvalue weighted by Crippen LogP contribution is -2.25. The lowest BCUT2D eigenvalue weighted by molar-refractivity contribution is -0.122. The highest BCUT2D eigenvalue weighted by atomic mass is 16.5. The molecule has 0 aromatic heterocycles. The molecule has 1 unspecified atom stereocenters. The first-order chi connectivity index (χ1) is 7.54. The summed E-state index contributed by atoms with van der Waals surface area (Å²) in [7, 11) is 1.58. The molecule has 1 rings (SSSR count). The standard InChI is InChI=1S/C12H18N2O2/c1-8-4-5-10(9(2)13)11(6-8)16-7-12(15)14-3/h4-6,9H,7,13H2,1-3H3,(H,14,15). The van der Waals surface area contributed by atoms with Crippen LogP contribution in [0.3, 0.4) is 0 Å². The highest BCUT2D eigenvalue weighted by Crippen LogP contribution is 2.24. The molecule has 88 valence electrons.